The highest BCUT2D eigenvalue weighted by Crippen LogP contribution is 2.31. The molecule has 1 aliphatic rings. The Bertz CT molecular complexity index is 797. The molecule has 0 saturated heterocycles. The van der Waals surface area contributed by atoms with Gasteiger partial charge in [-0.1, -0.05) is 40.2 Å². The van der Waals surface area contributed by atoms with E-state index in [1.54, 1.807) is 30.3 Å². The van der Waals surface area contributed by atoms with Crippen molar-refractivity contribution in [1.82, 2.24) is 0 Å². The molecule has 0 amide bonds. The summed E-state index contributed by atoms with van der Waals surface area (Å²) in [7, 11) is -3.96. The summed E-state index contributed by atoms with van der Waals surface area (Å²) in [5, 5.41) is -1.20. The highest BCUT2D eigenvalue weighted by atomic mass is 79.9. The van der Waals surface area contributed by atoms with E-state index in [9.17, 15) is 13.2 Å². The van der Waals surface area contributed by atoms with Crippen LogP contribution in [-0.4, -0.2) is 19.5 Å². The molecule has 0 aromatic heterocycles. The Morgan fingerprint density at radius 1 is 1.05 bits per heavy atom. The lowest BCUT2D eigenvalue weighted by Gasteiger charge is -2.23. The summed E-state index contributed by atoms with van der Waals surface area (Å²) in [6, 6.07) is 13.6. The van der Waals surface area contributed by atoms with Gasteiger partial charge in [-0.3, -0.25) is 4.79 Å². The second kappa shape index (κ2) is 5.27. The van der Waals surface area contributed by atoms with Gasteiger partial charge in [0.2, 0.25) is 0 Å². The van der Waals surface area contributed by atoms with Crippen molar-refractivity contribution < 1.29 is 17.4 Å². The summed E-state index contributed by atoms with van der Waals surface area (Å²) in [4.78, 5) is 12.4. The van der Waals surface area contributed by atoms with Crippen molar-refractivity contribution in [3.63, 3.8) is 0 Å². The summed E-state index contributed by atoms with van der Waals surface area (Å²) < 4.78 is 30.3. The molecule has 108 valence electrons. The van der Waals surface area contributed by atoms with Crippen LogP contribution < -0.4 is 4.18 Å². The Hall–Kier alpha value is -1.66. The van der Waals surface area contributed by atoms with Crippen LogP contribution in [0.5, 0.6) is 5.75 Å². The maximum Gasteiger partial charge on any atom is 0.320 e. The molecule has 1 aliphatic heterocycles. The van der Waals surface area contributed by atoms with Crippen LogP contribution in [0.3, 0.4) is 0 Å². The molecule has 4 nitrogen and oxygen atoms in total. The highest BCUT2D eigenvalue weighted by molar-refractivity contribution is 9.10. The molecule has 1 unspecified atom stereocenters. The van der Waals surface area contributed by atoms with E-state index in [0.717, 1.165) is 10.0 Å². The third-order valence-electron chi connectivity index (χ3n) is 3.33. The van der Waals surface area contributed by atoms with E-state index in [0.29, 0.717) is 5.56 Å². The van der Waals surface area contributed by atoms with Gasteiger partial charge in [0.25, 0.3) is 0 Å². The first-order chi connectivity index (χ1) is 9.97. The summed E-state index contributed by atoms with van der Waals surface area (Å²) in [5.41, 5.74) is 1.08. The van der Waals surface area contributed by atoms with Crippen LogP contribution in [0.1, 0.15) is 15.9 Å². The molecule has 2 aromatic rings. The molecule has 0 fully saturated rings. The normalized spacial score (nSPS) is 19.7. The number of fused-ring (bicyclic) bond motifs is 1. The third kappa shape index (κ3) is 2.73. The molecule has 2 aromatic carbocycles. The second-order valence-corrected chi connectivity index (χ2v) is 7.39. The van der Waals surface area contributed by atoms with Crippen molar-refractivity contribution in [1.29, 1.82) is 0 Å². The van der Waals surface area contributed by atoms with E-state index in [1.807, 2.05) is 12.1 Å². The first kappa shape index (κ1) is 14.3. The average molecular weight is 367 g/mol. The van der Waals surface area contributed by atoms with Crippen LogP contribution >= 0.6 is 15.9 Å². The molecule has 3 rings (SSSR count). The minimum atomic E-state index is -3.96. The van der Waals surface area contributed by atoms with Gasteiger partial charge in [-0.2, -0.15) is 8.42 Å². The highest BCUT2D eigenvalue weighted by Gasteiger charge is 2.41. The maximum atomic E-state index is 12.4. The van der Waals surface area contributed by atoms with Crippen LogP contribution in [0.15, 0.2) is 53.0 Å². The van der Waals surface area contributed by atoms with Gasteiger partial charge in [-0.15, -0.1) is 0 Å². The average Bonchev–Trinajstić information content (AvgIpc) is 2.45. The van der Waals surface area contributed by atoms with E-state index in [2.05, 4.69) is 15.9 Å². The van der Waals surface area contributed by atoms with Crippen LogP contribution in [0.25, 0.3) is 0 Å². The van der Waals surface area contributed by atoms with Crippen molar-refractivity contribution in [2.24, 2.45) is 0 Å². The lowest BCUT2D eigenvalue weighted by Crippen LogP contribution is -2.39. The Kier molecular flexibility index (Phi) is 3.59. The molecular weight excluding hydrogens is 356 g/mol. The zero-order valence-corrected chi connectivity index (χ0v) is 13.2. The van der Waals surface area contributed by atoms with Crippen molar-refractivity contribution in [3.05, 3.63) is 64.1 Å². The van der Waals surface area contributed by atoms with E-state index >= 15 is 0 Å². The first-order valence-corrected chi connectivity index (χ1v) is 8.55. The zero-order valence-electron chi connectivity index (χ0n) is 10.8. The van der Waals surface area contributed by atoms with Gasteiger partial charge >= 0.3 is 10.1 Å². The van der Waals surface area contributed by atoms with Crippen molar-refractivity contribution in [2.75, 3.05) is 0 Å². The van der Waals surface area contributed by atoms with E-state index in [1.165, 1.54) is 6.07 Å². The Balaban J connectivity index is 1.98. The number of rotatable bonds is 2. The van der Waals surface area contributed by atoms with E-state index in [-0.39, 0.29) is 12.2 Å². The van der Waals surface area contributed by atoms with Gasteiger partial charge in [0.1, 0.15) is 0 Å². The van der Waals surface area contributed by atoms with Crippen LogP contribution in [0, 0.1) is 0 Å². The molecule has 0 N–H and O–H groups in total. The molecule has 0 aliphatic carbocycles. The van der Waals surface area contributed by atoms with Crippen molar-refractivity contribution >= 4 is 31.8 Å². The van der Waals surface area contributed by atoms with Gasteiger partial charge in [-0.05, 0) is 29.8 Å². The number of carbonyl (C=O) groups is 1. The van der Waals surface area contributed by atoms with Crippen molar-refractivity contribution in [3.8, 4) is 5.75 Å². The lowest BCUT2D eigenvalue weighted by molar-refractivity contribution is 0.0976. The first-order valence-electron chi connectivity index (χ1n) is 6.28. The molecule has 21 heavy (non-hydrogen) atoms. The number of carbonyl (C=O) groups excluding carboxylic acids is 1. The van der Waals surface area contributed by atoms with Crippen LogP contribution in [-0.2, 0) is 16.5 Å². The number of Topliss-reactive ketones (excluding diaryl/α,β-unsaturated/α-hetero) is 1. The fraction of sp³-hybridized carbons (Fsp3) is 0.133. The number of ketones is 1. The van der Waals surface area contributed by atoms with Gasteiger partial charge < -0.3 is 4.18 Å². The molecule has 0 spiro atoms. The topological polar surface area (TPSA) is 60.4 Å². The summed E-state index contributed by atoms with van der Waals surface area (Å²) >= 11 is 3.32. The number of halogens is 1. The number of benzene rings is 2. The minimum Gasteiger partial charge on any atom is -0.381 e. The lowest BCUT2D eigenvalue weighted by atomic mass is 10.0. The Morgan fingerprint density at radius 3 is 2.43 bits per heavy atom. The predicted molar refractivity (Wildman–Crippen MR) is 82.0 cm³/mol. The Labute approximate surface area is 131 Å². The van der Waals surface area contributed by atoms with E-state index in [4.69, 9.17) is 4.18 Å². The Morgan fingerprint density at radius 2 is 1.71 bits per heavy atom. The largest absolute Gasteiger partial charge is 0.381 e. The second-order valence-electron chi connectivity index (χ2n) is 4.76. The fourth-order valence-corrected chi connectivity index (χ4v) is 3.82. The van der Waals surface area contributed by atoms with Crippen LogP contribution in [0.4, 0.5) is 0 Å². The smallest absolute Gasteiger partial charge is 0.320 e. The summed E-state index contributed by atoms with van der Waals surface area (Å²) in [6.45, 7) is 0. The quantitative estimate of drug-likeness (QED) is 0.766. The SMILES string of the molecule is O=C1c2ccccc2OS(=O)(=O)C1Cc1ccc(Br)cc1. The molecule has 0 bridgehead atoms. The number of para-hydroxylation sites is 1. The van der Waals surface area contributed by atoms with E-state index < -0.39 is 21.2 Å². The molecule has 6 heteroatoms. The molecule has 0 saturated carbocycles. The number of hydrogen-bond acceptors (Lipinski definition) is 4. The monoisotopic (exact) mass is 366 g/mol. The maximum absolute atomic E-state index is 12.4. The van der Waals surface area contributed by atoms with Crippen molar-refractivity contribution in [2.45, 2.75) is 11.7 Å². The standard InChI is InChI=1S/C15H11BrO4S/c16-11-7-5-10(6-8-11)9-14-15(17)12-3-1-2-4-13(12)20-21(14,18)19/h1-8,14H,9H2. The predicted octanol–water partition coefficient (Wildman–Crippen LogP) is 2.97. The van der Waals surface area contributed by atoms with Gasteiger partial charge in [0.05, 0.1) is 5.56 Å². The molecule has 1 heterocycles. The number of hydrogen-bond donors (Lipinski definition) is 0. The van der Waals surface area contributed by atoms with Gasteiger partial charge in [0, 0.05) is 10.9 Å². The molecule has 0 radical (unpaired) electrons. The summed E-state index contributed by atoms with van der Waals surface area (Å²) in [6.07, 6.45) is 0.1000. The van der Waals surface area contributed by atoms with Crippen LogP contribution in [0.2, 0.25) is 0 Å². The fourth-order valence-electron chi connectivity index (χ4n) is 2.26. The third-order valence-corrected chi connectivity index (χ3v) is 5.35. The molecular formula is C15H11BrO4S. The molecule has 1 atom stereocenters. The van der Waals surface area contributed by atoms with Gasteiger partial charge in [0.15, 0.2) is 16.8 Å². The minimum absolute atomic E-state index is 0.1000. The zero-order chi connectivity index (χ0) is 15.0. The summed E-state index contributed by atoms with van der Waals surface area (Å²) in [5.74, 6) is -0.311. The van der Waals surface area contributed by atoms with Gasteiger partial charge in [-0.25, -0.2) is 0 Å².